The lowest BCUT2D eigenvalue weighted by atomic mass is 10.1. The Hall–Kier alpha value is -1.60. The largest absolute Gasteiger partial charge is 0.348 e. The lowest BCUT2D eigenvalue weighted by Gasteiger charge is -2.16. The number of imidazole rings is 1. The summed E-state index contributed by atoms with van der Waals surface area (Å²) in [7, 11) is 0. The van der Waals surface area contributed by atoms with Crippen molar-refractivity contribution in [3.8, 4) is 0 Å². The van der Waals surface area contributed by atoms with Crippen LogP contribution in [0.5, 0.6) is 0 Å². The van der Waals surface area contributed by atoms with Gasteiger partial charge in [0.2, 0.25) is 5.91 Å². The number of amides is 1. The van der Waals surface area contributed by atoms with Gasteiger partial charge in [0, 0.05) is 30.5 Å². The third-order valence-corrected chi connectivity index (χ3v) is 4.13. The second kappa shape index (κ2) is 10.4. The number of aromatic nitrogens is 2. The third kappa shape index (κ3) is 6.32. The Morgan fingerprint density at radius 3 is 2.76 bits per heavy atom. The van der Waals surface area contributed by atoms with Crippen LogP contribution in [0.3, 0.4) is 0 Å². The molecule has 0 unspecified atom stereocenters. The number of aromatic amines is 1. The van der Waals surface area contributed by atoms with E-state index in [1.807, 2.05) is 18.2 Å². The van der Waals surface area contributed by atoms with Crippen LogP contribution in [-0.2, 0) is 17.8 Å². The molecule has 1 fully saturated rings. The molecule has 1 aliphatic heterocycles. The summed E-state index contributed by atoms with van der Waals surface area (Å²) < 4.78 is 0. The lowest BCUT2D eigenvalue weighted by molar-refractivity contribution is -0.117. The fourth-order valence-corrected chi connectivity index (χ4v) is 2.91. The van der Waals surface area contributed by atoms with Gasteiger partial charge in [-0.25, -0.2) is 4.98 Å². The number of rotatable bonds is 6. The van der Waals surface area contributed by atoms with Crippen molar-refractivity contribution in [2.24, 2.45) is 5.73 Å². The summed E-state index contributed by atoms with van der Waals surface area (Å²) in [5, 5.41) is 2.90. The van der Waals surface area contributed by atoms with E-state index in [9.17, 15) is 4.79 Å². The maximum Gasteiger partial charge on any atom is 0.241 e. The molecule has 1 saturated heterocycles. The topological polar surface area (TPSA) is 87.0 Å². The van der Waals surface area contributed by atoms with Crippen molar-refractivity contribution in [1.82, 2.24) is 14.9 Å². The van der Waals surface area contributed by atoms with Gasteiger partial charge in [-0.3, -0.25) is 9.69 Å². The highest BCUT2D eigenvalue weighted by Crippen LogP contribution is 2.16. The van der Waals surface area contributed by atoms with Crippen molar-refractivity contribution in [1.29, 1.82) is 0 Å². The summed E-state index contributed by atoms with van der Waals surface area (Å²) in [4.78, 5) is 21.5. The Labute approximate surface area is 160 Å². The molecule has 1 aliphatic rings. The molecule has 0 spiro atoms. The van der Waals surface area contributed by atoms with Crippen LogP contribution in [-0.4, -0.2) is 39.9 Å². The smallest absolute Gasteiger partial charge is 0.241 e. The van der Waals surface area contributed by atoms with E-state index < -0.39 is 6.04 Å². The van der Waals surface area contributed by atoms with Gasteiger partial charge in [0.1, 0.15) is 0 Å². The van der Waals surface area contributed by atoms with Crippen LogP contribution in [0, 0.1) is 0 Å². The molecule has 25 heavy (non-hydrogen) atoms. The van der Waals surface area contributed by atoms with Gasteiger partial charge in [-0.15, -0.1) is 24.8 Å². The van der Waals surface area contributed by atoms with E-state index in [-0.39, 0.29) is 30.7 Å². The first-order valence-electron chi connectivity index (χ1n) is 8.06. The number of likely N-dealkylation sites (tertiary alicyclic amines) is 1. The zero-order valence-corrected chi connectivity index (χ0v) is 15.6. The molecule has 3 rings (SSSR count). The number of H-pyrrole nitrogens is 1. The summed E-state index contributed by atoms with van der Waals surface area (Å²) in [6.07, 6.45) is 6.27. The number of carbonyl (C=O) groups is 1. The van der Waals surface area contributed by atoms with Gasteiger partial charge in [0.05, 0.1) is 12.4 Å². The molecule has 4 N–H and O–H groups in total. The van der Waals surface area contributed by atoms with Gasteiger partial charge in [-0.05, 0) is 43.6 Å². The molecule has 0 bridgehead atoms. The molecule has 1 atom stereocenters. The summed E-state index contributed by atoms with van der Waals surface area (Å²) in [5.41, 5.74) is 8.83. The number of hydrogen-bond acceptors (Lipinski definition) is 4. The number of nitrogens with two attached hydrogens (primary N) is 1. The van der Waals surface area contributed by atoms with Crippen LogP contribution in [0.4, 0.5) is 5.69 Å². The van der Waals surface area contributed by atoms with Gasteiger partial charge in [-0.1, -0.05) is 12.1 Å². The second-order valence-electron chi connectivity index (χ2n) is 6.06. The second-order valence-corrected chi connectivity index (χ2v) is 6.06. The maximum atomic E-state index is 12.2. The predicted molar refractivity (Wildman–Crippen MR) is 104 cm³/mol. The van der Waals surface area contributed by atoms with E-state index in [1.165, 1.54) is 18.4 Å². The normalized spacial score (nSPS) is 15.1. The molecule has 8 heteroatoms. The molecule has 0 saturated carbocycles. The van der Waals surface area contributed by atoms with Crippen molar-refractivity contribution >= 4 is 36.4 Å². The van der Waals surface area contributed by atoms with Crippen LogP contribution in [0.2, 0.25) is 0 Å². The van der Waals surface area contributed by atoms with Crippen LogP contribution in [0.25, 0.3) is 0 Å². The molecule has 2 heterocycles. The molecule has 0 radical (unpaired) electrons. The van der Waals surface area contributed by atoms with Crippen molar-refractivity contribution in [2.75, 3.05) is 18.4 Å². The molecular weight excluding hydrogens is 361 g/mol. The monoisotopic (exact) mass is 385 g/mol. The molecule has 0 aliphatic carbocycles. The molecule has 1 aromatic carbocycles. The van der Waals surface area contributed by atoms with Crippen molar-refractivity contribution in [2.45, 2.75) is 31.8 Å². The van der Waals surface area contributed by atoms with E-state index in [2.05, 4.69) is 26.3 Å². The zero-order chi connectivity index (χ0) is 16.1. The quantitative estimate of drug-likeness (QED) is 0.711. The highest BCUT2D eigenvalue weighted by Gasteiger charge is 2.16. The standard InChI is InChI=1S/C17H23N5O.2ClH/c18-16(9-15-10-19-12-20-15)17(23)21-14-5-3-4-13(8-14)11-22-6-1-2-7-22;;/h3-5,8,10,12,16H,1-2,6-7,9,11,18H2,(H,19,20)(H,21,23);2*1H/t16-;;/m0../s1. The first kappa shape index (κ1) is 21.4. The number of halogens is 2. The fraction of sp³-hybridized carbons (Fsp3) is 0.412. The van der Waals surface area contributed by atoms with Gasteiger partial charge in [0.15, 0.2) is 0 Å². The highest BCUT2D eigenvalue weighted by atomic mass is 35.5. The summed E-state index contributed by atoms with van der Waals surface area (Å²) in [6, 6.07) is 7.39. The number of nitrogens with one attached hydrogen (secondary N) is 2. The molecule has 6 nitrogen and oxygen atoms in total. The van der Waals surface area contributed by atoms with E-state index in [1.54, 1.807) is 12.5 Å². The van der Waals surface area contributed by atoms with Gasteiger partial charge in [0.25, 0.3) is 0 Å². The number of carbonyl (C=O) groups excluding carboxylic acids is 1. The Morgan fingerprint density at radius 1 is 1.32 bits per heavy atom. The molecule has 138 valence electrons. The molecule has 1 aromatic heterocycles. The minimum atomic E-state index is -0.599. The van der Waals surface area contributed by atoms with Crippen molar-refractivity contribution < 1.29 is 4.79 Å². The van der Waals surface area contributed by atoms with Gasteiger partial charge < -0.3 is 16.0 Å². The zero-order valence-electron chi connectivity index (χ0n) is 14.0. The van der Waals surface area contributed by atoms with Crippen LogP contribution >= 0.6 is 24.8 Å². The first-order valence-corrected chi connectivity index (χ1v) is 8.06. The Morgan fingerprint density at radius 2 is 2.08 bits per heavy atom. The average molecular weight is 386 g/mol. The van der Waals surface area contributed by atoms with Crippen molar-refractivity contribution in [3.63, 3.8) is 0 Å². The highest BCUT2D eigenvalue weighted by molar-refractivity contribution is 5.94. The Kier molecular flexibility index (Phi) is 8.92. The number of nitrogens with zero attached hydrogens (tertiary/aromatic N) is 2. The minimum Gasteiger partial charge on any atom is -0.348 e. The summed E-state index contributed by atoms with van der Waals surface area (Å²) >= 11 is 0. The summed E-state index contributed by atoms with van der Waals surface area (Å²) in [5.74, 6) is -0.182. The molecule has 2 aromatic rings. The van der Waals surface area contributed by atoms with Crippen LogP contribution < -0.4 is 11.1 Å². The predicted octanol–water partition coefficient (Wildman–Crippen LogP) is 2.36. The Bertz CT molecular complexity index is 644. The van der Waals surface area contributed by atoms with Gasteiger partial charge in [-0.2, -0.15) is 0 Å². The maximum absolute atomic E-state index is 12.2. The van der Waals surface area contributed by atoms with Crippen molar-refractivity contribution in [3.05, 3.63) is 48.0 Å². The van der Waals surface area contributed by atoms with Crippen LogP contribution in [0.15, 0.2) is 36.8 Å². The van der Waals surface area contributed by atoms with E-state index in [0.717, 1.165) is 31.0 Å². The van der Waals surface area contributed by atoms with E-state index in [0.29, 0.717) is 6.42 Å². The SMILES string of the molecule is Cl.Cl.N[C@@H](Cc1cnc[nH]1)C(=O)Nc1cccc(CN2CCCC2)c1. The molecular formula is C17H25Cl2N5O. The fourth-order valence-electron chi connectivity index (χ4n) is 2.91. The number of hydrogen-bond donors (Lipinski definition) is 3. The van der Waals surface area contributed by atoms with Crippen LogP contribution in [0.1, 0.15) is 24.1 Å². The number of anilines is 1. The summed E-state index contributed by atoms with van der Waals surface area (Å²) in [6.45, 7) is 3.25. The number of benzene rings is 1. The van der Waals surface area contributed by atoms with Gasteiger partial charge >= 0.3 is 0 Å². The lowest BCUT2D eigenvalue weighted by Crippen LogP contribution is -2.37. The minimum absolute atomic E-state index is 0. The molecule has 1 amide bonds. The average Bonchev–Trinajstić information content (AvgIpc) is 3.21. The first-order chi connectivity index (χ1) is 11.2. The third-order valence-electron chi connectivity index (χ3n) is 4.13. The van der Waals surface area contributed by atoms with E-state index >= 15 is 0 Å². The Balaban J connectivity index is 0.00000156. The van der Waals surface area contributed by atoms with E-state index in [4.69, 9.17) is 5.73 Å².